The van der Waals surface area contributed by atoms with Gasteiger partial charge >= 0.3 is 6.03 Å². The van der Waals surface area contributed by atoms with E-state index in [1.165, 1.54) is 11.1 Å². The Labute approximate surface area is 190 Å². The first-order valence-corrected chi connectivity index (χ1v) is 10.9. The number of amides is 2. The van der Waals surface area contributed by atoms with Crippen LogP contribution in [0.1, 0.15) is 43.6 Å². The van der Waals surface area contributed by atoms with Gasteiger partial charge in [0.05, 0.1) is 18.7 Å². The normalized spacial score (nSPS) is 12.5. The molecule has 5 heteroatoms. The van der Waals surface area contributed by atoms with Crippen molar-refractivity contribution < 1.29 is 9.90 Å². The first kappa shape index (κ1) is 23.1. The van der Waals surface area contributed by atoms with E-state index < -0.39 is 12.1 Å². The summed E-state index contributed by atoms with van der Waals surface area (Å²) in [6.45, 7) is 13.2. The average molecular weight is 428 g/mol. The van der Waals surface area contributed by atoms with E-state index in [0.717, 1.165) is 12.8 Å². The summed E-state index contributed by atoms with van der Waals surface area (Å²) in [7, 11) is 0. The Kier molecular flexibility index (Phi) is 7.64. The summed E-state index contributed by atoms with van der Waals surface area (Å²) in [6, 6.07) is 21.5. The van der Waals surface area contributed by atoms with E-state index in [9.17, 15) is 9.90 Å². The molecule has 0 saturated carbocycles. The fourth-order valence-corrected chi connectivity index (χ4v) is 3.64. The van der Waals surface area contributed by atoms with Gasteiger partial charge in [-0.15, -0.1) is 0 Å². The van der Waals surface area contributed by atoms with Crippen molar-refractivity contribution in [3.05, 3.63) is 101 Å². The maximum atomic E-state index is 13.4. The quantitative estimate of drug-likeness (QED) is 0.422. The Hall–Kier alpha value is -3.62. The van der Waals surface area contributed by atoms with E-state index >= 15 is 0 Å². The molecule has 2 amide bonds. The molecule has 0 spiro atoms. The zero-order valence-electron chi connectivity index (χ0n) is 18.7. The number of urea groups is 1. The monoisotopic (exact) mass is 427 g/mol. The highest BCUT2D eigenvalue weighted by Crippen LogP contribution is 2.29. The predicted molar refractivity (Wildman–Crippen MR) is 130 cm³/mol. The van der Waals surface area contributed by atoms with E-state index in [1.807, 2.05) is 55.5 Å². The molecule has 2 unspecified atom stereocenters. The van der Waals surface area contributed by atoms with Crippen LogP contribution in [0.15, 0.2) is 72.8 Å². The average Bonchev–Trinajstić information content (AvgIpc) is 2.84. The second kappa shape index (κ2) is 10.6. The highest BCUT2D eigenvalue weighted by atomic mass is 16.3. The molecular weight excluding hydrogens is 398 g/mol. The van der Waals surface area contributed by atoms with Gasteiger partial charge in [-0.2, -0.15) is 0 Å². The number of aliphatic hydroxyl groups excluding tert-OH is 1. The van der Waals surface area contributed by atoms with Crippen LogP contribution in [0, 0.1) is 6.57 Å². The molecule has 0 saturated heterocycles. The lowest BCUT2D eigenvalue weighted by atomic mass is 10.0. The molecule has 0 aliphatic carbocycles. The molecule has 3 aromatic carbocycles. The summed E-state index contributed by atoms with van der Waals surface area (Å²) in [5.74, 6) is 0. The SMILES string of the molecule is [C-]#[N+]c1cccc(C(O)C(C)N(C(=O)Nc2ccc(CC)cc2)c2ccc(CC)cc2)c1. The van der Waals surface area contributed by atoms with Gasteiger partial charge in [0.2, 0.25) is 0 Å². The third-order valence-corrected chi connectivity index (χ3v) is 5.66. The van der Waals surface area contributed by atoms with Crippen molar-refractivity contribution in [1.82, 2.24) is 0 Å². The fourth-order valence-electron chi connectivity index (χ4n) is 3.64. The molecule has 0 fully saturated rings. The first-order chi connectivity index (χ1) is 15.5. The number of rotatable bonds is 7. The Bertz CT molecular complexity index is 1090. The van der Waals surface area contributed by atoms with Crippen LogP contribution in [0.25, 0.3) is 4.85 Å². The molecular formula is C27H29N3O2. The van der Waals surface area contributed by atoms with Crippen molar-refractivity contribution in [3.8, 4) is 0 Å². The van der Waals surface area contributed by atoms with Gasteiger partial charge in [0.1, 0.15) is 0 Å². The van der Waals surface area contributed by atoms with Crippen LogP contribution < -0.4 is 10.2 Å². The summed E-state index contributed by atoms with van der Waals surface area (Å²) in [4.78, 5) is 18.4. The van der Waals surface area contributed by atoms with Crippen molar-refractivity contribution in [2.75, 3.05) is 10.2 Å². The van der Waals surface area contributed by atoms with Gasteiger partial charge in [0, 0.05) is 11.4 Å². The summed E-state index contributed by atoms with van der Waals surface area (Å²) in [5, 5.41) is 14.1. The number of aryl methyl sites for hydroxylation is 2. The van der Waals surface area contributed by atoms with Gasteiger partial charge in [0.25, 0.3) is 0 Å². The number of nitrogens with zero attached hydrogens (tertiary/aromatic N) is 2. The third-order valence-electron chi connectivity index (χ3n) is 5.66. The summed E-state index contributed by atoms with van der Waals surface area (Å²) in [6.07, 6.45) is 0.866. The lowest BCUT2D eigenvalue weighted by Crippen LogP contribution is -2.44. The van der Waals surface area contributed by atoms with Gasteiger partial charge in [-0.3, -0.25) is 4.90 Å². The van der Waals surface area contributed by atoms with Gasteiger partial charge < -0.3 is 10.4 Å². The van der Waals surface area contributed by atoms with Crippen molar-refractivity contribution in [2.24, 2.45) is 0 Å². The standard InChI is InChI=1S/C27H29N3O2/c1-5-20-10-14-23(15-11-20)29-27(32)30(25-16-12-21(6-2)13-17-25)19(3)26(31)22-8-7-9-24(18-22)28-4/h7-19,26,31H,5-6H2,1-3H3,(H,29,32). The first-order valence-electron chi connectivity index (χ1n) is 10.9. The maximum Gasteiger partial charge on any atom is 0.326 e. The number of carbonyl (C=O) groups excluding carboxylic acids is 1. The molecule has 5 nitrogen and oxygen atoms in total. The van der Waals surface area contributed by atoms with Crippen LogP contribution >= 0.6 is 0 Å². The van der Waals surface area contributed by atoms with Crippen LogP contribution in [-0.4, -0.2) is 17.2 Å². The fraction of sp³-hybridized carbons (Fsp3) is 0.259. The summed E-state index contributed by atoms with van der Waals surface area (Å²) in [5.41, 5.74) is 4.80. The van der Waals surface area contributed by atoms with Crippen molar-refractivity contribution >= 4 is 23.1 Å². The van der Waals surface area contributed by atoms with Crippen LogP contribution in [0.2, 0.25) is 0 Å². The van der Waals surface area contributed by atoms with E-state index in [1.54, 1.807) is 29.2 Å². The predicted octanol–water partition coefficient (Wildman–Crippen LogP) is 6.52. The van der Waals surface area contributed by atoms with Gasteiger partial charge in [-0.25, -0.2) is 9.64 Å². The minimum atomic E-state index is -0.962. The Morgan fingerprint density at radius 2 is 1.59 bits per heavy atom. The molecule has 32 heavy (non-hydrogen) atoms. The molecule has 0 aliphatic rings. The molecule has 2 atom stereocenters. The molecule has 0 heterocycles. The number of hydrogen-bond acceptors (Lipinski definition) is 2. The second-order valence-corrected chi connectivity index (χ2v) is 7.76. The Morgan fingerprint density at radius 1 is 1.00 bits per heavy atom. The molecule has 164 valence electrons. The third kappa shape index (κ3) is 5.35. The summed E-state index contributed by atoms with van der Waals surface area (Å²) < 4.78 is 0. The molecule has 0 aliphatic heterocycles. The molecule has 3 aromatic rings. The van der Waals surface area contributed by atoms with E-state index in [4.69, 9.17) is 6.57 Å². The number of nitrogens with one attached hydrogen (secondary N) is 1. The largest absolute Gasteiger partial charge is 0.386 e. The van der Waals surface area contributed by atoms with Gasteiger partial charge in [-0.1, -0.05) is 62.4 Å². The number of anilines is 2. The topological polar surface area (TPSA) is 56.9 Å². The van der Waals surface area contributed by atoms with Crippen molar-refractivity contribution in [2.45, 2.75) is 45.8 Å². The van der Waals surface area contributed by atoms with Crippen molar-refractivity contribution in [1.29, 1.82) is 0 Å². The number of hydrogen-bond donors (Lipinski definition) is 2. The van der Waals surface area contributed by atoms with Gasteiger partial charge in [0.15, 0.2) is 5.69 Å². The number of carbonyl (C=O) groups is 1. The second-order valence-electron chi connectivity index (χ2n) is 7.76. The minimum absolute atomic E-state index is 0.327. The molecule has 0 bridgehead atoms. The Morgan fingerprint density at radius 3 is 2.16 bits per heavy atom. The minimum Gasteiger partial charge on any atom is -0.386 e. The number of benzene rings is 3. The molecule has 0 aromatic heterocycles. The zero-order valence-corrected chi connectivity index (χ0v) is 18.7. The van der Waals surface area contributed by atoms with Crippen LogP contribution in [0.5, 0.6) is 0 Å². The van der Waals surface area contributed by atoms with Crippen molar-refractivity contribution in [3.63, 3.8) is 0 Å². The number of aliphatic hydroxyl groups is 1. The van der Waals surface area contributed by atoms with Crippen LogP contribution in [0.3, 0.4) is 0 Å². The smallest absolute Gasteiger partial charge is 0.326 e. The van der Waals surface area contributed by atoms with Crippen LogP contribution in [0.4, 0.5) is 21.9 Å². The van der Waals surface area contributed by atoms with E-state index in [2.05, 4.69) is 24.0 Å². The molecule has 3 rings (SSSR count). The lowest BCUT2D eigenvalue weighted by Gasteiger charge is -2.33. The van der Waals surface area contributed by atoms with E-state index in [-0.39, 0.29) is 6.03 Å². The van der Waals surface area contributed by atoms with E-state index in [0.29, 0.717) is 22.6 Å². The highest BCUT2D eigenvalue weighted by molar-refractivity contribution is 6.02. The Balaban J connectivity index is 1.92. The summed E-state index contributed by atoms with van der Waals surface area (Å²) >= 11 is 0. The maximum absolute atomic E-state index is 13.4. The van der Waals surface area contributed by atoms with Gasteiger partial charge in [-0.05, 0) is 60.7 Å². The zero-order chi connectivity index (χ0) is 23.1. The van der Waals surface area contributed by atoms with Crippen LogP contribution in [-0.2, 0) is 12.8 Å². The molecule has 0 radical (unpaired) electrons. The lowest BCUT2D eigenvalue weighted by molar-refractivity contribution is 0.150. The molecule has 2 N–H and O–H groups in total. The highest BCUT2D eigenvalue weighted by Gasteiger charge is 2.29.